The van der Waals surface area contributed by atoms with Crippen LogP contribution < -0.4 is 10.6 Å². The summed E-state index contributed by atoms with van der Waals surface area (Å²) >= 11 is 2.06. The maximum atomic E-state index is 12.1. The first-order chi connectivity index (χ1) is 10.4. The maximum Gasteiger partial charge on any atom is 0.407 e. The van der Waals surface area contributed by atoms with Crippen molar-refractivity contribution in [3.05, 3.63) is 0 Å². The third-order valence-electron chi connectivity index (χ3n) is 4.41. The molecule has 0 bridgehead atoms. The number of carbonyl (C=O) groups is 1. The van der Waals surface area contributed by atoms with Crippen LogP contribution >= 0.6 is 11.8 Å². The van der Waals surface area contributed by atoms with Crippen molar-refractivity contribution < 1.29 is 9.53 Å². The molecule has 2 N–H and O–H groups in total. The molecule has 1 saturated carbocycles. The van der Waals surface area contributed by atoms with E-state index in [0.717, 1.165) is 25.3 Å². The molecule has 2 fully saturated rings. The van der Waals surface area contributed by atoms with Gasteiger partial charge in [-0.05, 0) is 64.0 Å². The largest absolute Gasteiger partial charge is 0.444 e. The van der Waals surface area contributed by atoms with Gasteiger partial charge in [0.05, 0.1) is 0 Å². The second-order valence-corrected chi connectivity index (χ2v) is 8.78. The van der Waals surface area contributed by atoms with Gasteiger partial charge in [-0.1, -0.05) is 19.3 Å². The second-order valence-electron chi connectivity index (χ2n) is 7.64. The van der Waals surface area contributed by atoms with E-state index in [1.807, 2.05) is 20.8 Å². The minimum absolute atomic E-state index is 0.200. The van der Waals surface area contributed by atoms with Crippen molar-refractivity contribution >= 4 is 17.9 Å². The summed E-state index contributed by atoms with van der Waals surface area (Å²) in [5.74, 6) is 3.39. The van der Waals surface area contributed by atoms with Gasteiger partial charge in [0.1, 0.15) is 5.60 Å². The lowest BCUT2D eigenvalue weighted by Gasteiger charge is -2.29. The molecule has 22 heavy (non-hydrogen) atoms. The Morgan fingerprint density at radius 3 is 2.50 bits per heavy atom. The Hall–Kier alpha value is -0.420. The number of amides is 1. The van der Waals surface area contributed by atoms with E-state index in [9.17, 15) is 4.79 Å². The Kier molecular flexibility index (Phi) is 6.87. The molecule has 4 nitrogen and oxygen atoms in total. The molecule has 0 aromatic carbocycles. The van der Waals surface area contributed by atoms with E-state index in [2.05, 4.69) is 22.4 Å². The van der Waals surface area contributed by atoms with E-state index in [1.54, 1.807) is 0 Å². The molecule has 2 rings (SSSR count). The molecule has 1 amide bonds. The highest BCUT2D eigenvalue weighted by Gasteiger charge is 2.28. The Bertz CT molecular complexity index is 351. The molecule has 3 atom stereocenters. The fourth-order valence-electron chi connectivity index (χ4n) is 3.25. The minimum Gasteiger partial charge on any atom is -0.444 e. The van der Waals surface area contributed by atoms with Crippen molar-refractivity contribution in [2.45, 2.75) is 77.0 Å². The average Bonchev–Trinajstić information content (AvgIpc) is 2.83. The van der Waals surface area contributed by atoms with E-state index >= 15 is 0 Å². The average molecular weight is 329 g/mol. The number of nitrogens with one attached hydrogen (secondary N) is 2. The molecule has 0 aromatic rings. The van der Waals surface area contributed by atoms with Crippen LogP contribution in [0.5, 0.6) is 0 Å². The van der Waals surface area contributed by atoms with Crippen molar-refractivity contribution in [1.82, 2.24) is 10.6 Å². The summed E-state index contributed by atoms with van der Waals surface area (Å²) in [5.41, 5.74) is -0.432. The van der Waals surface area contributed by atoms with Gasteiger partial charge in [-0.15, -0.1) is 0 Å². The third kappa shape index (κ3) is 6.37. The molecular weight excluding hydrogens is 296 g/mol. The van der Waals surface area contributed by atoms with Crippen LogP contribution in [0.3, 0.4) is 0 Å². The molecule has 0 radical (unpaired) electrons. The predicted octanol–water partition coefficient (Wildman–Crippen LogP) is 3.56. The Balaban J connectivity index is 1.84. The molecule has 3 unspecified atom stereocenters. The number of hydrogen-bond acceptors (Lipinski definition) is 4. The summed E-state index contributed by atoms with van der Waals surface area (Å²) in [5, 5.41) is 6.85. The molecular formula is C17H32N2O2S. The van der Waals surface area contributed by atoms with E-state index in [0.29, 0.717) is 6.04 Å². The Morgan fingerprint density at radius 1 is 1.14 bits per heavy atom. The van der Waals surface area contributed by atoms with Crippen molar-refractivity contribution in [1.29, 1.82) is 0 Å². The van der Waals surface area contributed by atoms with Crippen LogP contribution in [0.25, 0.3) is 0 Å². The van der Waals surface area contributed by atoms with E-state index in [-0.39, 0.29) is 12.1 Å². The van der Waals surface area contributed by atoms with Gasteiger partial charge in [0, 0.05) is 12.1 Å². The van der Waals surface area contributed by atoms with Crippen LogP contribution in [0, 0.1) is 5.92 Å². The number of alkyl carbamates (subject to hydrolysis) is 1. The summed E-state index contributed by atoms with van der Waals surface area (Å²) in [6.07, 6.45) is 6.97. The topological polar surface area (TPSA) is 50.4 Å². The monoisotopic (exact) mass is 328 g/mol. The van der Waals surface area contributed by atoms with Gasteiger partial charge in [-0.3, -0.25) is 0 Å². The molecule has 1 saturated heterocycles. The molecule has 0 aromatic heterocycles. The van der Waals surface area contributed by atoms with Crippen LogP contribution in [0.2, 0.25) is 0 Å². The first kappa shape index (κ1) is 17.9. The zero-order valence-electron chi connectivity index (χ0n) is 14.3. The van der Waals surface area contributed by atoms with Crippen LogP contribution in [0.15, 0.2) is 0 Å². The first-order valence-corrected chi connectivity index (χ1v) is 9.90. The van der Waals surface area contributed by atoms with Crippen LogP contribution in [-0.4, -0.2) is 41.8 Å². The number of ether oxygens (including phenoxy) is 1. The third-order valence-corrected chi connectivity index (χ3v) is 5.64. The lowest BCUT2D eigenvalue weighted by Crippen LogP contribution is -2.51. The molecule has 1 heterocycles. The van der Waals surface area contributed by atoms with E-state index in [4.69, 9.17) is 4.74 Å². The highest BCUT2D eigenvalue weighted by molar-refractivity contribution is 7.99. The highest BCUT2D eigenvalue weighted by atomic mass is 32.2. The smallest absolute Gasteiger partial charge is 0.407 e. The normalized spacial score (nSPS) is 29.9. The van der Waals surface area contributed by atoms with Gasteiger partial charge in [0.15, 0.2) is 0 Å². The summed E-state index contributed by atoms with van der Waals surface area (Å²) < 4.78 is 5.43. The summed E-state index contributed by atoms with van der Waals surface area (Å²) in [6, 6.07) is 0.590. The Morgan fingerprint density at radius 2 is 1.86 bits per heavy atom. The van der Waals surface area contributed by atoms with Crippen molar-refractivity contribution in [2.75, 3.05) is 18.1 Å². The lowest BCUT2D eigenvalue weighted by atomic mass is 10.0. The SMILES string of the molecule is CC(C)(C)OC(=O)NC1CCCCCC1NCC1CCSC1. The summed E-state index contributed by atoms with van der Waals surface area (Å²) in [7, 11) is 0. The summed E-state index contributed by atoms with van der Waals surface area (Å²) in [6.45, 7) is 6.82. The molecule has 1 aliphatic heterocycles. The molecule has 0 spiro atoms. The van der Waals surface area contributed by atoms with Gasteiger partial charge in [-0.2, -0.15) is 11.8 Å². The fourth-order valence-corrected chi connectivity index (χ4v) is 4.53. The highest BCUT2D eigenvalue weighted by Crippen LogP contribution is 2.24. The van der Waals surface area contributed by atoms with Gasteiger partial charge in [0.25, 0.3) is 0 Å². The van der Waals surface area contributed by atoms with E-state index < -0.39 is 5.60 Å². The quantitative estimate of drug-likeness (QED) is 0.775. The second kappa shape index (κ2) is 8.44. The Labute approximate surface area is 139 Å². The molecule has 128 valence electrons. The standard InChI is InChI=1S/C17H32N2O2S/c1-17(2,3)21-16(20)19-15-8-6-4-5-7-14(15)18-11-13-9-10-22-12-13/h13-15,18H,4-12H2,1-3H3,(H,19,20). The fraction of sp³-hybridized carbons (Fsp3) is 0.941. The zero-order valence-corrected chi connectivity index (χ0v) is 15.1. The van der Waals surface area contributed by atoms with Gasteiger partial charge in [-0.25, -0.2) is 4.79 Å². The molecule has 5 heteroatoms. The van der Waals surface area contributed by atoms with Crippen LogP contribution in [0.4, 0.5) is 4.79 Å². The lowest BCUT2D eigenvalue weighted by molar-refractivity contribution is 0.0489. The van der Waals surface area contributed by atoms with Crippen LogP contribution in [-0.2, 0) is 4.74 Å². The molecule has 1 aliphatic carbocycles. The van der Waals surface area contributed by atoms with Crippen molar-refractivity contribution in [3.63, 3.8) is 0 Å². The van der Waals surface area contributed by atoms with E-state index in [1.165, 1.54) is 37.2 Å². The van der Waals surface area contributed by atoms with Crippen molar-refractivity contribution in [2.24, 2.45) is 5.92 Å². The number of thioether (sulfide) groups is 1. The summed E-state index contributed by atoms with van der Waals surface area (Å²) in [4.78, 5) is 12.1. The van der Waals surface area contributed by atoms with Crippen molar-refractivity contribution in [3.8, 4) is 0 Å². The minimum atomic E-state index is -0.432. The number of carbonyl (C=O) groups excluding carboxylic acids is 1. The molecule has 2 aliphatic rings. The number of rotatable bonds is 4. The first-order valence-electron chi connectivity index (χ1n) is 8.75. The van der Waals surface area contributed by atoms with Gasteiger partial charge < -0.3 is 15.4 Å². The maximum absolute atomic E-state index is 12.1. The van der Waals surface area contributed by atoms with Gasteiger partial charge in [0.2, 0.25) is 0 Å². The predicted molar refractivity (Wildman–Crippen MR) is 93.5 cm³/mol. The zero-order chi connectivity index (χ0) is 16.0. The van der Waals surface area contributed by atoms with Crippen LogP contribution in [0.1, 0.15) is 59.3 Å². The number of hydrogen-bond donors (Lipinski definition) is 2. The van der Waals surface area contributed by atoms with Gasteiger partial charge >= 0.3 is 6.09 Å².